The molecule has 1 N–H and O–H groups in total. The second kappa shape index (κ2) is 7.85. The predicted octanol–water partition coefficient (Wildman–Crippen LogP) is 3.24. The van der Waals surface area contributed by atoms with Crippen LogP contribution in [0.25, 0.3) is 10.6 Å². The van der Waals surface area contributed by atoms with Crippen molar-refractivity contribution in [3.63, 3.8) is 0 Å². The fourth-order valence-electron chi connectivity index (χ4n) is 2.32. The quantitative estimate of drug-likeness (QED) is 0.683. The third-order valence-electron chi connectivity index (χ3n) is 3.94. The minimum Gasteiger partial charge on any atom is -0.296 e. The molecule has 3 aromatic rings. The topological polar surface area (TPSA) is 92.3 Å². The van der Waals surface area contributed by atoms with E-state index in [0.717, 1.165) is 5.56 Å². The molecule has 0 saturated carbocycles. The third kappa shape index (κ3) is 4.32. The van der Waals surface area contributed by atoms with Crippen LogP contribution in [0.1, 0.15) is 17.3 Å². The second-order valence-corrected chi connectivity index (χ2v) is 8.91. The molecule has 7 nitrogen and oxygen atoms in total. The van der Waals surface area contributed by atoms with Crippen molar-refractivity contribution < 1.29 is 13.2 Å². The van der Waals surface area contributed by atoms with E-state index in [1.54, 1.807) is 31.2 Å². The standard InChI is InChI=1S/C18H18N4O3S2/c1-3-27(24,25)22(2)15-11-9-13(10-12-15)16(23)19-18-21-20-17(26-18)14-7-5-4-6-8-14/h4-12H,3H2,1-2H3,(H,19,21,23). The zero-order valence-electron chi connectivity index (χ0n) is 14.8. The Hall–Kier alpha value is -2.78. The van der Waals surface area contributed by atoms with Crippen LogP contribution in [-0.2, 0) is 10.0 Å². The molecule has 1 aromatic heterocycles. The van der Waals surface area contributed by atoms with Crippen LogP contribution in [0.5, 0.6) is 0 Å². The van der Waals surface area contributed by atoms with Crippen molar-refractivity contribution in [2.75, 3.05) is 22.4 Å². The van der Waals surface area contributed by atoms with Gasteiger partial charge in [-0.25, -0.2) is 8.42 Å². The molecule has 1 amide bonds. The van der Waals surface area contributed by atoms with Gasteiger partial charge >= 0.3 is 0 Å². The number of sulfonamides is 1. The van der Waals surface area contributed by atoms with Gasteiger partial charge in [-0.2, -0.15) is 0 Å². The predicted molar refractivity (Wildman–Crippen MR) is 108 cm³/mol. The molecule has 2 aromatic carbocycles. The van der Waals surface area contributed by atoms with Gasteiger partial charge in [-0.3, -0.25) is 14.4 Å². The van der Waals surface area contributed by atoms with Crippen LogP contribution in [0.2, 0.25) is 0 Å². The molecule has 0 radical (unpaired) electrons. The Morgan fingerprint density at radius 1 is 1.07 bits per heavy atom. The molecule has 0 aliphatic carbocycles. The van der Waals surface area contributed by atoms with Crippen molar-refractivity contribution in [3.05, 3.63) is 60.2 Å². The summed E-state index contributed by atoms with van der Waals surface area (Å²) in [5.41, 5.74) is 1.83. The molecule has 3 rings (SSSR count). The van der Waals surface area contributed by atoms with Gasteiger partial charge in [0, 0.05) is 18.2 Å². The average Bonchev–Trinajstić information content (AvgIpc) is 3.16. The number of nitrogens with zero attached hydrogens (tertiary/aromatic N) is 3. The molecular formula is C18H18N4O3S2. The molecular weight excluding hydrogens is 384 g/mol. The first-order valence-corrected chi connectivity index (χ1v) is 10.6. The first-order chi connectivity index (χ1) is 12.9. The molecule has 9 heteroatoms. The summed E-state index contributed by atoms with van der Waals surface area (Å²) in [5, 5.41) is 11.9. The van der Waals surface area contributed by atoms with Crippen LogP contribution >= 0.6 is 11.3 Å². The van der Waals surface area contributed by atoms with Gasteiger partial charge in [-0.1, -0.05) is 41.7 Å². The first kappa shape index (κ1) is 19.0. The SMILES string of the molecule is CCS(=O)(=O)N(C)c1ccc(C(=O)Nc2nnc(-c3ccccc3)s2)cc1. The lowest BCUT2D eigenvalue weighted by atomic mass is 10.2. The Kier molecular flexibility index (Phi) is 5.52. The Morgan fingerprint density at radius 3 is 2.37 bits per heavy atom. The summed E-state index contributed by atoms with van der Waals surface area (Å²) < 4.78 is 25.0. The summed E-state index contributed by atoms with van der Waals surface area (Å²) in [6.07, 6.45) is 0. The van der Waals surface area contributed by atoms with Crippen molar-refractivity contribution in [3.8, 4) is 10.6 Å². The molecule has 0 unspecified atom stereocenters. The Labute approximate surface area is 161 Å². The van der Waals surface area contributed by atoms with Crippen molar-refractivity contribution in [2.24, 2.45) is 0 Å². The maximum atomic E-state index is 12.4. The van der Waals surface area contributed by atoms with E-state index in [1.807, 2.05) is 30.3 Å². The zero-order chi connectivity index (χ0) is 19.4. The minimum absolute atomic E-state index is 0.00648. The molecule has 0 atom stereocenters. The van der Waals surface area contributed by atoms with E-state index in [0.29, 0.717) is 21.4 Å². The van der Waals surface area contributed by atoms with Gasteiger partial charge in [0.15, 0.2) is 0 Å². The number of hydrogen-bond donors (Lipinski definition) is 1. The van der Waals surface area contributed by atoms with Crippen LogP contribution < -0.4 is 9.62 Å². The van der Waals surface area contributed by atoms with Gasteiger partial charge in [-0.05, 0) is 31.2 Å². The van der Waals surface area contributed by atoms with Crippen LogP contribution in [0.15, 0.2) is 54.6 Å². The molecule has 1 heterocycles. The number of benzene rings is 2. The van der Waals surface area contributed by atoms with Gasteiger partial charge in [0.1, 0.15) is 5.01 Å². The average molecular weight is 403 g/mol. The normalized spacial score (nSPS) is 11.2. The highest BCUT2D eigenvalue weighted by Gasteiger charge is 2.17. The van der Waals surface area contributed by atoms with E-state index in [-0.39, 0.29) is 11.7 Å². The lowest BCUT2D eigenvalue weighted by Gasteiger charge is -2.18. The van der Waals surface area contributed by atoms with Crippen LogP contribution in [0.4, 0.5) is 10.8 Å². The van der Waals surface area contributed by atoms with Gasteiger partial charge in [0.25, 0.3) is 5.91 Å². The van der Waals surface area contributed by atoms with E-state index in [9.17, 15) is 13.2 Å². The van der Waals surface area contributed by atoms with Crippen LogP contribution in [0, 0.1) is 0 Å². The Balaban J connectivity index is 1.71. The number of carbonyl (C=O) groups excluding carboxylic acids is 1. The van der Waals surface area contributed by atoms with Crippen molar-refractivity contribution in [2.45, 2.75) is 6.92 Å². The lowest BCUT2D eigenvalue weighted by molar-refractivity contribution is 0.102. The third-order valence-corrected chi connectivity index (χ3v) is 6.60. The monoisotopic (exact) mass is 402 g/mol. The zero-order valence-corrected chi connectivity index (χ0v) is 16.4. The highest BCUT2D eigenvalue weighted by Crippen LogP contribution is 2.26. The fourth-order valence-corrected chi connectivity index (χ4v) is 3.89. The smallest absolute Gasteiger partial charge is 0.257 e. The molecule has 0 aliphatic rings. The van der Waals surface area contributed by atoms with E-state index >= 15 is 0 Å². The fraction of sp³-hybridized carbons (Fsp3) is 0.167. The minimum atomic E-state index is -3.34. The second-order valence-electron chi connectivity index (χ2n) is 5.65. The molecule has 0 fully saturated rings. The number of hydrogen-bond acceptors (Lipinski definition) is 6. The summed E-state index contributed by atoms with van der Waals surface area (Å²) in [7, 11) is -1.85. The number of nitrogens with one attached hydrogen (secondary N) is 1. The van der Waals surface area contributed by atoms with E-state index in [1.165, 1.54) is 22.7 Å². The molecule has 0 aliphatic heterocycles. The molecule has 27 heavy (non-hydrogen) atoms. The van der Waals surface area contributed by atoms with Gasteiger partial charge in [0.05, 0.1) is 11.4 Å². The summed E-state index contributed by atoms with van der Waals surface area (Å²) in [4.78, 5) is 12.4. The van der Waals surface area contributed by atoms with E-state index in [4.69, 9.17) is 0 Å². The lowest BCUT2D eigenvalue weighted by Crippen LogP contribution is -2.28. The summed E-state index contributed by atoms with van der Waals surface area (Å²) in [5.74, 6) is -0.328. The molecule has 0 spiro atoms. The highest BCUT2D eigenvalue weighted by atomic mass is 32.2. The van der Waals surface area contributed by atoms with Crippen LogP contribution in [0.3, 0.4) is 0 Å². The number of aromatic nitrogens is 2. The van der Waals surface area contributed by atoms with Crippen LogP contribution in [-0.4, -0.2) is 37.3 Å². The van der Waals surface area contributed by atoms with Gasteiger partial charge < -0.3 is 0 Å². The highest BCUT2D eigenvalue weighted by molar-refractivity contribution is 7.92. The van der Waals surface area contributed by atoms with Crippen molar-refractivity contribution in [1.82, 2.24) is 10.2 Å². The van der Waals surface area contributed by atoms with E-state index < -0.39 is 10.0 Å². The van der Waals surface area contributed by atoms with Gasteiger partial charge in [0.2, 0.25) is 15.2 Å². The number of anilines is 2. The summed E-state index contributed by atoms with van der Waals surface area (Å²) >= 11 is 1.28. The molecule has 0 bridgehead atoms. The number of rotatable bonds is 6. The number of carbonyl (C=O) groups is 1. The van der Waals surface area contributed by atoms with Crippen molar-refractivity contribution >= 4 is 38.1 Å². The van der Waals surface area contributed by atoms with E-state index in [2.05, 4.69) is 15.5 Å². The van der Waals surface area contributed by atoms with Crippen molar-refractivity contribution in [1.29, 1.82) is 0 Å². The maximum Gasteiger partial charge on any atom is 0.257 e. The summed E-state index contributed by atoms with van der Waals surface area (Å²) in [6.45, 7) is 1.58. The Bertz CT molecular complexity index is 1030. The van der Waals surface area contributed by atoms with Gasteiger partial charge in [-0.15, -0.1) is 10.2 Å². The Morgan fingerprint density at radius 2 is 1.74 bits per heavy atom. The maximum absolute atomic E-state index is 12.4. The molecule has 140 valence electrons. The first-order valence-electron chi connectivity index (χ1n) is 8.17. The number of amides is 1. The summed E-state index contributed by atoms with van der Waals surface area (Å²) in [6, 6.07) is 15.9. The molecule has 0 saturated heterocycles. The largest absolute Gasteiger partial charge is 0.296 e.